The molecule has 0 saturated carbocycles. The highest BCUT2D eigenvalue weighted by Crippen LogP contribution is 2.17. The van der Waals surface area contributed by atoms with Gasteiger partial charge in [0.2, 0.25) is 0 Å². The Hall–Kier alpha value is -0.570. The van der Waals surface area contributed by atoms with Gasteiger partial charge < -0.3 is 10.8 Å². The smallest absolute Gasteiger partial charge is 0.323 e. The lowest BCUT2D eigenvalue weighted by atomic mass is 9.88. The predicted octanol–water partition coefficient (Wildman–Crippen LogP) is 1.22. The van der Waals surface area contributed by atoms with Crippen LogP contribution in [0, 0.1) is 5.92 Å². The van der Waals surface area contributed by atoms with Crippen molar-refractivity contribution in [2.45, 2.75) is 39.2 Å². The third kappa shape index (κ3) is 2.89. The molecule has 0 fully saturated rings. The van der Waals surface area contributed by atoms with Crippen molar-refractivity contribution in [3.8, 4) is 0 Å². The summed E-state index contributed by atoms with van der Waals surface area (Å²) in [5, 5.41) is 8.76. The molecule has 0 unspecified atom stereocenters. The summed E-state index contributed by atoms with van der Waals surface area (Å²) in [5.41, 5.74) is 4.62. The van der Waals surface area contributed by atoms with Crippen LogP contribution in [0.2, 0.25) is 0 Å². The molecule has 3 heteroatoms. The third-order valence-electron chi connectivity index (χ3n) is 1.83. The Morgan fingerprint density at radius 3 is 2.18 bits per heavy atom. The molecule has 0 aromatic carbocycles. The first-order valence-electron chi connectivity index (χ1n) is 3.94. The van der Waals surface area contributed by atoms with E-state index in [-0.39, 0.29) is 0 Å². The molecule has 3 N–H and O–H groups in total. The highest BCUT2D eigenvalue weighted by molar-refractivity contribution is 5.78. The Kier molecular flexibility index (Phi) is 3.52. The summed E-state index contributed by atoms with van der Waals surface area (Å²) in [6.07, 6.45) is 1.03. The van der Waals surface area contributed by atoms with Gasteiger partial charge in [-0.3, -0.25) is 4.79 Å². The molecule has 0 aliphatic rings. The standard InChI is InChI=1S/C8H17NO2/c1-4-8(9,7(10)11)5-6(2)3/h6H,4-5,9H2,1-3H3,(H,10,11)/t8-/m0/s1. The first-order chi connectivity index (χ1) is 4.92. The van der Waals surface area contributed by atoms with Gasteiger partial charge in [0.15, 0.2) is 0 Å². The molecular formula is C8H17NO2. The summed E-state index contributed by atoms with van der Waals surface area (Å²) >= 11 is 0. The van der Waals surface area contributed by atoms with Crippen LogP contribution in [0.3, 0.4) is 0 Å². The molecule has 0 spiro atoms. The minimum Gasteiger partial charge on any atom is -0.480 e. The zero-order valence-corrected chi connectivity index (χ0v) is 7.42. The van der Waals surface area contributed by atoms with E-state index in [1.165, 1.54) is 0 Å². The topological polar surface area (TPSA) is 63.3 Å². The molecular weight excluding hydrogens is 142 g/mol. The zero-order valence-electron chi connectivity index (χ0n) is 7.42. The number of carboxylic acids is 1. The quantitative estimate of drug-likeness (QED) is 0.648. The van der Waals surface area contributed by atoms with Gasteiger partial charge in [-0.15, -0.1) is 0 Å². The molecule has 0 heterocycles. The summed E-state index contributed by atoms with van der Waals surface area (Å²) in [5.74, 6) is -0.565. The molecule has 0 saturated heterocycles. The van der Waals surface area contributed by atoms with Gasteiger partial charge in [-0.2, -0.15) is 0 Å². The second-order valence-corrected chi connectivity index (χ2v) is 3.41. The van der Waals surface area contributed by atoms with E-state index in [1.807, 2.05) is 13.8 Å². The van der Waals surface area contributed by atoms with Crippen LogP contribution < -0.4 is 5.73 Å². The Labute approximate surface area is 67.6 Å². The van der Waals surface area contributed by atoms with Gasteiger partial charge in [0.25, 0.3) is 0 Å². The molecule has 66 valence electrons. The van der Waals surface area contributed by atoms with Crippen LogP contribution in [0.15, 0.2) is 0 Å². The van der Waals surface area contributed by atoms with Crippen molar-refractivity contribution in [1.82, 2.24) is 0 Å². The average Bonchev–Trinajstić information content (AvgIpc) is 1.86. The number of aliphatic carboxylic acids is 1. The van der Waals surface area contributed by atoms with Crippen LogP contribution in [0.25, 0.3) is 0 Å². The first kappa shape index (κ1) is 10.4. The second kappa shape index (κ2) is 3.72. The van der Waals surface area contributed by atoms with E-state index >= 15 is 0 Å². The van der Waals surface area contributed by atoms with E-state index in [1.54, 1.807) is 6.92 Å². The Morgan fingerprint density at radius 1 is 1.64 bits per heavy atom. The van der Waals surface area contributed by atoms with E-state index in [9.17, 15) is 4.79 Å². The lowest BCUT2D eigenvalue weighted by molar-refractivity contribution is -0.144. The molecule has 1 atom stereocenters. The number of carbonyl (C=O) groups is 1. The molecule has 3 nitrogen and oxygen atoms in total. The normalized spacial score (nSPS) is 16.5. The fourth-order valence-corrected chi connectivity index (χ4v) is 1.11. The van der Waals surface area contributed by atoms with Gasteiger partial charge in [0, 0.05) is 0 Å². The van der Waals surface area contributed by atoms with Crippen LogP contribution in [0.4, 0.5) is 0 Å². The monoisotopic (exact) mass is 159 g/mol. The summed E-state index contributed by atoms with van der Waals surface area (Å²) in [7, 11) is 0. The molecule has 0 aliphatic heterocycles. The summed E-state index contributed by atoms with van der Waals surface area (Å²) in [4.78, 5) is 10.7. The SMILES string of the molecule is CC[C@](N)(CC(C)C)C(=O)O. The van der Waals surface area contributed by atoms with Crippen LogP contribution in [0.1, 0.15) is 33.6 Å². The summed E-state index contributed by atoms with van der Waals surface area (Å²) in [6, 6.07) is 0. The molecule has 0 radical (unpaired) electrons. The van der Waals surface area contributed by atoms with Crippen molar-refractivity contribution in [3.63, 3.8) is 0 Å². The minimum absolute atomic E-state index is 0.330. The maximum atomic E-state index is 10.7. The van der Waals surface area contributed by atoms with Crippen LogP contribution >= 0.6 is 0 Å². The Morgan fingerprint density at radius 2 is 2.09 bits per heavy atom. The summed E-state index contributed by atoms with van der Waals surface area (Å²) in [6.45, 7) is 5.75. The van der Waals surface area contributed by atoms with Gasteiger partial charge in [0.1, 0.15) is 5.54 Å². The van der Waals surface area contributed by atoms with Crippen LogP contribution in [-0.4, -0.2) is 16.6 Å². The van der Waals surface area contributed by atoms with E-state index in [4.69, 9.17) is 10.8 Å². The molecule has 0 rings (SSSR count). The third-order valence-corrected chi connectivity index (χ3v) is 1.83. The minimum atomic E-state index is -1.02. The van der Waals surface area contributed by atoms with Crippen molar-refractivity contribution in [2.24, 2.45) is 11.7 Å². The molecule has 0 amide bonds. The fourth-order valence-electron chi connectivity index (χ4n) is 1.11. The Bertz CT molecular complexity index is 145. The molecule has 0 aliphatic carbocycles. The van der Waals surface area contributed by atoms with Gasteiger partial charge >= 0.3 is 5.97 Å². The van der Waals surface area contributed by atoms with E-state index < -0.39 is 11.5 Å². The highest BCUT2D eigenvalue weighted by atomic mass is 16.4. The lowest BCUT2D eigenvalue weighted by Crippen LogP contribution is -2.48. The molecule has 0 aromatic heterocycles. The first-order valence-corrected chi connectivity index (χ1v) is 3.94. The van der Waals surface area contributed by atoms with Crippen LogP contribution in [0.5, 0.6) is 0 Å². The van der Waals surface area contributed by atoms with E-state index in [0.717, 1.165) is 0 Å². The van der Waals surface area contributed by atoms with Crippen molar-refractivity contribution in [1.29, 1.82) is 0 Å². The van der Waals surface area contributed by atoms with Crippen LogP contribution in [-0.2, 0) is 4.79 Å². The number of rotatable bonds is 4. The maximum absolute atomic E-state index is 10.7. The van der Waals surface area contributed by atoms with E-state index in [2.05, 4.69) is 0 Å². The average molecular weight is 159 g/mol. The number of hydrogen-bond donors (Lipinski definition) is 2. The zero-order chi connectivity index (χ0) is 9.07. The predicted molar refractivity (Wildman–Crippen MR) is 44.3 cm³/mol. The summed E-state index contributed by atoms with van der Waals surface area (Å²) < 4.78 is 0. The maximum Gasteiger partial charge on any atom is 0.323 e. The number of hydrogen-bond acceptors (Lipinski definition) is 2. The van der Waals surface area contributed by atoms with Crippen molar-refractivity contribution >= 4 is 5.97 Å². The fraction of sp³-hybridized carbons (Fsp3) is 0.875. The molecule has 0 bridgehead atoms. The van der Waals surface area contributed by atoms with Gasteiger partial charge in [-0.05, 0) is 18.8 Å². The van der Waals surface area contributed by atoms with Gasteiger partial charge in [-0.1, -0.05) is 20.8 Å². The lowest BCUT2D eigenvalue weighted by Gasteiger charge is -2.24. The Balaban J connectivity index is 4.22. The van der Waals surface area contributed by atoms with Gasteiger partial charge in [0.05, 0.1) is 0 Å². The second-order valence-electron chi connectivity index (χ2n) is 3.41. The highest BCUT2D eigenvalue weighted by Gasteiger charge is 2.32. The van der Waals surface area contributed by atoms with Crippen molar-refractivity contribution in [3.05, 3.63) is 0 Å². The molecule has 0 aromatic rings. The van der Waals surface area contributed by atoms with Crippen molar-refractivity contribution < 1.29 is 9.90 Å². The number of nitrogens with two attached hydrogens (primary N) is 1. The van der Waals surface area contributed by atoms with Gasteiger partial charge in [-0.25, -0.2) is 0 Å². The largest absolute Gasteiger partial charge is 0.480 e. The van der Waals surface area contributed by atoms with Crippen molar-refractivity contribution in [2.75, 3.05) is 0 Å². The molecule has 11 heavy (non-hydrogen) atoms. The number of carboxylic acid groups (broad SMARTS) is 1. The van der Waals surface area contributed by atoms with E-state index in [0.29, 0.717) is 18.8 Å².